The van der Waals surface area contributed by atoms with Crippen molar-refractivity contribution in [2.75, 3.05) is 19.6 Å². The summed E-state index contributed by atoms with van der Waals surface area (Å²) in [6, 6.07) is 4.22. The molecule has 0 bridgehead atoms. The van der Waals surface area contributed by atoms with Gasteiger partial charge in [0.2, 0.25) is 5.91 Å². The molecule has 82 valence electrons. The highest BCUT2D eigenvalue weighted by Crippen LogP contribution is 2.10. The first kappa shape index (κ1) is 10.2. The molecule has 2 heterocycles. The molecular formula is C11H16N2O2. The summed E-state index contributed by atoms with van der Waals surface area (Å²) in [5.74, 6) is 1.10. The number of hydrogen-bond donors (Lipinski definition) is 1. The topological polar surface area (TPSA) is 45.5 Å². The average molecular weight is 208 g/mol. The number of nitrogens with one attached hydrogen (secondary N) is 1. The number of hydrogen-bond acceptors (Lipinski definition) is 3. The maximum Gasteiger partial charge on any atom is 0.234 e. The molecule has 15 heavy (non-hydrogen) atoms. The van der Waals surface area contributed by atoms with Gasteiger partial charge in [-0.1, -0.05) is 0 Å². The third-order valence-corrected chi connectivity index (χ3v) is 2.77. The summed E-state index contributed by atoms with van der Waals surface area (Å²) in [5.41, 5.74) is 0. The van der Waals surface area contributed by atoms with Crippen molar-refractivity contribution in [3.63, 3.8) is 0 Å². The summed E-state index contributed by atoms with van der Waals surface area (Å²) in [6.07, 6.45) is 2.55. The lowest BCUT2D eigenvalue weighted by Crippen LogP contribution is -2.51. The lowest BCUT2D eigenvalue weighted by Gasteiger charge is -2.31. The van der Waals surface area contributed by atoms with E-state index in [1.165, 1.54) is 0 Å². The van der Waals surface area contributed by atoms with E-state index in [9.17, 15) is 4.79 Å². The Morgan fingerprint density at radius 1 is 1.67 bits per heavy atom. The molecule has 1 aliphatic heterocycles. The molecule has 4 nitrogen and oxygen atoms in total. The summed E-state index contributed by atoms with van der Waals surface area (Å²) in [6.45, 7) is 4.30. The molecule has 0 aliphatic carbocycles. The number of amides is 1. The maximum atomic E-state index is 11.2. The minimum absolute atomic E-state index is 0.118. The van der Waals surface area contributed by atoms with E-state index in [1.54, 1.807) is 6.26 Å². The number of carbonyl (C=O) groups is 1. The summed E-state index contributed by atoms with van der Waals surface area (Å²) in [4.78, 5) is 13.4. The molecule has 0 radical (unpaired) electrons. The van der Waals surface area contributed by atoms with Gasteiger partial charge in [-0.15, -0.1) is 0 Å². The van der Waals surface area contributed by atoms with Crippen molar-refractivity contribution in [1.82, 2.24) is 10.2 Å². The molecule has 1 fully saturated rings. The van der Waals surface area contributed by atoms with Crippen LogP contribution in [0.5, 0.6) is 0 Å². The van der Waals surface area contributed by atoms with E-state index in [0.29, 0.717) is 12.6 Å². The average Bonchev–Trinajstić information content (AvgIpc) is 2.70. The lowest BCUT2D eigenvalue weighted by molar-refractivity contribution is -0.124. The van der Waals surface area contributed by atoms with Crippen LogP contribution in [-0.4, -0.2) is 36.5 Å². The third-order valence-electron chi connectivity index (χ3n) is 2.77. The molecule has 1 aromatic rings. The standard InChI is InChI=1S/C11H16N2O2/c1-9(7-10-3-2-6-15-10)13-5-4-12-11(14)8-13/h2-3,6,9H,4-5,7-8H2,1H3,(H,12,14)/t9-/m0/s1. The Hall–Kier alpha value is -1.29. The van der Waals surface area contributed by atoms with Gasteiger partial charge in [-0.05, 0) is 19.1 Å². The lowest BCUT2D eigenvalue weighted by atomic mass is 10.1. The Morgan fingerprint density at radius 2 is 2.53 bits per heavy atom. The zero-order chi connectivity index (χ0) is 10.7. The van der Waals surface area contributed by atoms with Crippen LogP contribution in [0.2, 0.25) is 0 Å². The zero-order valence-electron chi connectivity index (χ0n) is 8.90. The second kappa shape index (κ2) is 4.49. The highest BCUT2D eigenvalue weighted by Gasteiger charge is 2.21. The second-order valence-corrected chi connectivity index (χ2v) is 3.95. The molecule has 0 aromatic carbocycles. The quantitative estimate of drug-likeness (QED) is 0.793. The zero-order valence-corrected chi connectivity index (χ0v) is 8.90. The van der Waals surface area contributed by atoms with Crippen LogP contribution >= 0.6 is 0 Å². The summed E-state index contributed by atoms with van der Waals surface area (Å²) in [7, 11) is 0. The molecule has 1 aliphatic rings. The second-order valence-electron chi connectivity index (χ2n) is 3.95. The van der Waals surface area contributed by atoms with Gasteiger partial charge in [-0.25, -0.2) is 0 Å². The maximum absolute atomic E-state index is 11.2. The summed E-state index contributed by atoms with van der Waals surface area (Å²) in [5, 5.41) is 2.82. The van der Waals surface area contributed by atoms with Gasteiger partial charge in [0.25, 0.3) is 0 Å². The Kier molecular flexibility index (Phi) is 3.06. The van der Waals surface area contributed by atoms with Crippen LogP contribution in [0.25, 0.3) is 0 Å². The number of nitrogens with zero attached hydrogens (tertiary/aromatic N) is 1. The minimum Gasteiger partial charge on any atom is -0.469 e. The van der Waals surface area contributed by atoms with E-state index in [-0.39, 0.29) is 5.91 Å². The van der Waals surface area contributed by atoms with Gasteiger partial charge in [-0.3, -0.25) is 9.69 Å². The SMILES string of the molecule is C[C@@H](Cc1ccco1)N1CCNC(=O)C1. The Bertz CT molecular complexity index is 321. The predicted molar refractivity (Wildman–Crippen MR) is 56.5 cm³/mol. The highest BCUT2D eigenvalue weighted by molar-refractivity contribution is 5.78. The van der Waals surface area contributed by atoms with Crippen molar-refractivity contribution in [1.29, 1.82) is 0 Å². The van der Waals surface area contributed by atoms with Gasteiger partial charge < -0.3 is 9.73 Å². The van der Waals surface area contributed by atoms with Crippen molar-refractivity contribution >= 4 is 5.91 Å². The van der Waals surface area contributed by atoms with E-state index in [4.69, 9.17) is 4.42 Å². The monoisotopic (exact) mass is 208 g/mol. The highest BCUT2D eigenvalue weighted by atomic mass is 16.3. The molecular weight excluding hydrogens is 192 g/mol. The first-order valence-corrected chi connectivity index (χ1v) is 5.29. The first-order valence-electron chi connectivity index (χ1n) is 5.29. The molecule has 1 N–H and O–H groups in total. The van der Waals surface area contributed by atoms with Crippen LogP contribution in [-0.2, 0) is 11.2 Å². The number of rotatable bonds is 3. The van der Waals surface area contributed by atoms with Crippen LogP contribution in [0.1, 0.15) is 12.7 Å². The molecule has 4 heteroatoms. The van der Waals surface area contributed by atoms with E-state index in [1.807, 2.05) is 12.1 Å². The minimum atomic E-state index is 0.118. The fourth-order valence-electron chi connectivity index (χ4n) is 1.88. The molecule has 0 spiro atoms. The molecule has 0 saturated carbocycles. The van der Waals surface area contributed by atoms with Gasteiger partial charge in [0.05, 0.1) is 12.8 Å². The molecule has 2 rings (SSSR count). The van der Waals surface area contributed by atoms with Crippen LogP contribution < -0.4 is 5.32 Å². The van der Waals surface area contributed by atoms with Gasteiger partial charge in [0.15, 0.2) is 0 Å². The number of furan rings is 1. The summed E-state index contributed by atoms with van der Waals surface area (Å²) >= 11 is 0. The molecule has 1 amide bonds. The smallest absolute Gasteiger partial charge is 0.234 e. The van der Waals surface area contributed by atoms with Crippen molar-refractivity contribution < 1.29 is 9.21 Å². The molecule has 1 aromatic heterocycles. The van der Waals surface area contributed by atoms with Crippen molar-refractivity contribution in [3.8, 4) is 0 Å². The van der Waals surface area contributed by atoms with Gasteiger partial charge in [-0.2, -0.15) is 0 Å². The van der Waals surface area contributed by atoms with E-state index in [2.05, 4.69) is 17.1 Å². The molecule has 1 atom stereocenters. The van der Waals surface area contributed by atoms with Crippen LogP contribution in [0.4, 0.5) is 0 Å². The predicted octanol–water partition coefficient (Wildman–Crippen LogP) is 0.642. The summed E-state index contributed by atoms with van der Waals surface area (Å²) < 4.78 is 5.29. The Labute approximate surface area is 89.2 Å². The number of carbonyl (C=O) groups excluding carboxylic acids is 1. The van der Waals surface area contributed by atoms with E-state index in [0.717, 1.165) is 25.3 Å². The van der Waals surface area contributed by atoms with E-state index >= 15 is 0 Å². The van der Waals surface area contributed by atoms with Gasteiger partial charge in [0.1, 0.15) is 5.76 Å². The fourth-order valence-corrected chi connectivity index (χ4v) is 1.88. The molecule has 1 saturated heterocycles. The van der Waals surface area contributed by atoms with Crippen molar-refractivity contribution in [2.24, 2.45) is 0 Å². The largest absolute Gasteiger partial charge is 0.469 e. The Balaban J connectivity index is 1.90. The van der Waals surface area contributed by atoms with E-state index < -0.39 is 0 Å². The van der Waals surface area contributed by atoms with Gasteiger partial charge >= 0.3 is 0 Å². The van der Waals surface area contributed by atoms with Crippen LogP contribution in [0.3, 0.4) is 0 Å². The fraction of sp³-hybridized carbons (Fsp3) is 0.545. The van der Waals surface area contributed by atoms with Crippen molar-refractivity contribution in [3.05, 3.63) is 24.2 Å². The van der Waals surface area contributed by atoms with Crippen LogP contribution in [0, 0.1) is 0 Å². The molecule has 0 unspecified atom stereocenters. The number of piperazine rings is 1. The third kappa shape index (κ3) is 2.59. The Morgan fingerprint density at radius 3 is 3.20 bits per heavy atom. The van der Waals surface area contributed by atoms with Gasteiger partial charge in [0, 0.05) is 25.6 Å². The first-order chi connectivity index (χ1) is 7.25. The van der Waals surface area contributed by atoms with Crippen molar-refractivity contribution in [2.45, 2.75) is 19.4 Å². The van der Waals surface area contributed by atoms with Crippen LogP contribution in [0.15, 0.2) is 22.8 Å². The normalized spacial score (nSPS) is 19.9.